The van der Waals surface area contributed by atoms with Crippen molar-refractivity contribution in [3.8, 4) is 5.75 Å². The molecule has 1 aliphatic heterocycles. The molecule has 1 fully saturated rings. The van der Waals surface area contributed by atoms with Gasteiger partial charge in [-0.25, -0.2) is 0 Å². The number of anilines is 1. The number of piperidine rings is 1. The molecular weight excluding hydrogens is 366 g/mol. The van der Waals surface area contributed by atoms with Crippen LogP contribution in [0.4, 0.5) is 5.69 Å². The van der Waals surface area contributed by atoms with Crippen LogP contribution >= 0.6 is 0 Å². The van der Waals surface area contributed by atoms with Crippen LogP contribution in [0.1, 0.15) is 28.8 Å². The van der Waals surface area contributed by atoms with E-state index in [-0.39, 0.29) is 17.6 Å². The van der Waals surface area contributed by atoms with Crippen LogP contribution in [0, 0.1) is 5.92 Å². The molecule has 0 radical (unpaired) electrons. The molecule has 0 bridgehead atoms. The first kappa shape index (κ1) is 18.9. The number of hydrogen-bond donors (Lipinski definition) is 1. The van der Waals surface area contributed by atoms with Crippen molar-refractivity contribution >= 4 is 28.3 Å². The van der Waals surface area contributed by atoms with E-state index in [0.717, 1.165) is 16.6 Å². The monoisotopic (exact) mass is 389 g/mol. The van der Waals surface area contributed by atoms with Gasteiger partial charge in [-0.15, -0.1) is 0 Å². The van der Waals surface area contributed by atoms with Crippen LogP contribution < -0.4 is 15.4 Å². The minimum Gasteiger partial charge on any atom is -0.497 e. The van der Waals surface area contributed by atoms with Gasteiger partial charge in [-0.3, -0.25) is 14.6 Å². The van der Waals surface area contributed by atoms with E-state index in [9.17, 15) is 9.59 Å². The fourth-order valence-electron chi connectivity index (χ4n) is 3.92. The highest BCUT2D eigenvalue weighted by Gasteiger charge is 2.27. The predicted molar refractivity (Wildman–Crippen MR) is 112 cm³/mol. The Morgan fingerprint density at radius 3 is 2.41 bits per heavy atom. The average Bonchev–Trinajstić information content (AvgIpc) is 2.78. The number of aromatic nitrogens is 1. The Kier molecular flexibility index (Phi) is 5.16. The fraction of sp³-hybridized carbons (Fsp3) is 0.261. The third-order valence-electron chi connectivity index (χ3n) is 5.56. The van der Waals surface area contributed by atoms with E-state index in [1.807, 2.05) is 24.3 Å². The number of rotatable bonds is 5. The summed E-state index contributed by atoms with van der Waals surface area (Å²) in [6.07, 6.45) is 3.02. The quantitative estimate of drug-likeness (QED) is 0.678. The zero-order valence-corrected chi connectivity index (χ0v) is 16.3. The van der Waals surface area contributed by atoms with E-state index < -0.39 is 0 Å². The summed E-state index contributed by atoms with van der Waals surface area (Å²) in [6.45, 7) is 1.34. The Morgan fingerprint density at radius 2 is 1.76 bits per heavy atom. The van der Waals surface area contributed by atoms with Crippen molar-refractivity contribution in [1.82, 2.24) is 4.98 Å². The number of ketones is 1. The van der Waals surface area contributed by atoms with Gasteiger partial charge < -0.3 is 15.4 Å². The number of nitrogens with zero attached hydrogens (tertiary/aromatic N) is 2. The maximum Gasteiger partial charge on any atom is 0.220 e. The van der Waals surface area contributed by atoms with E-state index in [4.69, 9.17) is 10.5 Å². The number of carbonyl (C=O) groups excluding carboxylic acids is 2. The van der Waals surface area contributed by atoms with Crippen molar-refractivity contribution in [1.29, 1.82) is 0 Å². The number of methoxy groups -OCH3 is 1. The number of ether oxygens (including phenoxy) is 1. The molecule has 1 saturated heterocycles. The van der Waals surface area contributed by atoms with Gasteiger partial charge in [0.1, 0.15) is 5.75 Å². The van der Waals surface area contributed by atoms with Crippen LogP contribution in [-0.4, -0.2) is 36.9 Å². The van der Waals surface area contributed by atoms with Crippen molar-refractivity contribution in [3.05, 3.63) is 65.9 Å². The Labute approximate surface area is 169 Å². The number of pyridine rings is 1. The molecule has 1 aromatic heterocycles. The third-order valence-corrected chi connectivity index (χ3v) is 5.56. The van der Waals surface area contributed by atoms with Crippen molar-refractivity contribution in [2.45, 2.75) is 12.8 Å². The number of primary amides is 1. The summed E-state index contributed by atoms with van der Waals surface area (Å²) in [5.74, 6) is 0.253. The van der Waals surface area contributed by atoms with Crippen LogP contribution in [-0.2, 0) is 4.79 Å². The smallest absolute Gasteiger partial charge is 0.220 e. The number of hydrogen-bond acceptors (Lipinski definition) is 5. The van der Waals surface area contributed by atoms with Gasteiger partial charge in [0.05, 0.1) is 23.9 Å². The molecule has 4 rings (SSSR count). The molecule has 2 aromatic carbocycles. The summed E-state index contributed by atoms with van der Waals surface area (Å²) >= 11 is 0. The van der Waals surface area contributed by atoms with Gasteiger partial charge in [-0.05, 0) is 43.2 Å². The van der Waals surface area contributed by atoms with Gasteiger partial charge in [-0.2, -0.15) is 0 Å². The summed E-state index contributed by atoms with van der Waals surface area (Å²) in [5.41, 5.74) is 8.34. The zero-order chi connectivity index (χ0) is 20.4. The molecule has 6 nitrogen and oxygen atoms in total. The maximum atomic E-state index is 13.3. The lowest BCUT2D eigenvalue weighted by Gasteiger charge is -2.34. The second kappa shape index (κ2) is 7.91. The minimum absolute atomic E-state index is 0.0852. The molecule has 0 unspecified atom stereocenters. The molecule has 0 atom stereocenters. The van der Waals surface area contributed by atoms with Gasteiger partial charge in [-0.1, -0.05) is 18.2 Å². The van der Waals surface area contributed by atoms with Gasteiger partial charge in [0, 0.05) is 36.2 Å². The van der Waals surface area contributed by atoms with E-state index >= 15 is 0 Å². The first-order chi connectivity index (χ1) is 14.1. The van der Waals surface area contributed by atoms with Crippen molar-refractivity contribution in [2.24, 2.45) is 11.7 Å². The lowest BCUT2D eigenvalue weighted by atomic mass is 9.93. The first-order valence-electron chi connectivity index (χ1n) is 9.69. The molecule has 2 N–H and O–H groups in total. The molecule has 1 amide bonds. The van der Waals surface area contributed by atoms with Crippen molar-refractivity contribution < 1.29 is 14.3 Å². The summed E-state index contributed by atoms with van der Waals surface area (Å²) in [7, 11) is 1.60. The molecule has 3 aromatic rings. The number of carbonyl (C=O) groups is 2. The summed E-state index contributed by atoms with van der Waals surface area (Å²) in [5, 5.41) is 0.935. The number of para-hydroxylation sites is 1. The largest absolute Gasteiger partial charge is 0.497 e. The van der Waals surface area contributed by atoms with E-state index in [2.05, 4.69) is 9.88 Å². The number of amides is 1. The highest BCUT2D eigenvalue weighted by atomic mass is 16.5. The Bertz CT molecular complexity index is 1050. The fourth-order valence-corrected chi connectivity index (χ4v) is 3.92. The second-order valence-corrected chi connectivity index (χ2v) is 7.26. The van der Waals surface area contributed by atoms with Crippen LogP contribution in [0.5, 0.6) is 5.75 Å². The summed E-state index contributed by atoms with van der Waals surface area (Å²) < 4.78 is 5.19. The van der Waals surface area contributed by atoms with Crippen LogP contribution in [0.3, 0.4) is 0 Å². The normalized spacial score (nSPS) is 14.7. The van der Waals surface area contributed by atoms with E-state index in [0.29, 0.717) is 42.8 Å². The van der Waals surface area contributed by atoms with Gasteiger partial charge in [0.25, 0.3) is 0 Å². The molecule has 0 saturated carbocycles. The van der Waals surface area contributed by atoms with Gasteiger partial charge in [0.2, 0.25) is 5.91 Å². The lowest BCUT2D eigenvalue weighted by Crippen LogP contribution is -2.39. The number of benzene rings is 2. The first-order valence-corrected chi connectivity index (χ1v) is 9.69. The standard InChI is InChI=1S/C23H23N3O3/c1-29-17-8-6-15(7-9-17)22(27)19-14-25-20-5-3-2-4-18(20)21(19)26-12-10-16(11-13-26)23(24)28/h2-9,14,16H,10-13H2,1H3,(H2,24,28). The SMILES string of the molecule is COc1ccc(C(=O)c2cnc3ccccc3c2N2CCC(C(N)=O)CC2)cc1. The third kappa shape index (κ3) is 3.66. The maximum absolute atomic E-state index is 13.3. The molecule has 0 aliphatic carbocycles. The molecule has 1 aliphatic rings. The van der Waals surface area contributed by atoms with E-state index in [1.54, 1.807) is 37.6 Å². The van der Waals surface area contributed by atoms with Crippen LogP contribution in [0.15, 0.2) is 54.7 Å². The second-order valence-electron chi connectivity index (χ2n) is 7.26. The van der Waals surface area contributed by atoms with Gasteiger partial charge in [0.15, 0.2) is 5.78 Å². The molecule has 2 heterocycles. The molecule has 29 heavy (non-hydrogen) atoms. The molecule has 6 heteroatoms. The molecule has 148 valence electrons. The Morgan fingerprint density at radius 1 is 1.07 bits per heavy atom. The van der Waals surface area contributed by atoms with Crippen LogP contribution in [0.25, 0.3) is 10.9 Å². The number of fused-ring (bicyclic) bond motifs is 1. The average molecular weight is 389 g/mol. The van der Waals surface area contributed by atoms with Gasteiger partial charge >= 0.3 is 0 Å². The summed E-state index contributed by atoms with van der Waals surface area (Å²) in [4.78, 5) is 31.6. The highest BCUT2D eigenvalue weighted by molar-refractivity contribution is 6.16. The van der Waals surface area contributed by atoms with Crippen molar-refractivity contribution in [3.63, 3.8) is 0 Å². The predicted octanol–water partition coefficient (Wildman–Crippen LogP) is 3.18. The lowest BCUT2D eigenvalue weighted by molar-refractivity contribution is -0.122. The van der Waals surface area contributed by atoms with Crippen LogP contribution in [0.2, 0.25) is 0 Å². The Balaban J connectivity index is 1.76. The number of nitrogens with two attached hydrogens (primary N) is 1. The topological polar surface area (TPSA) is 85.5 Å². The van der Waals surface area contributed by atoms with E-state index in [1.165, 1.54) is 0 Å². The minimum atomic E-state index is -0.251. The molecule has 0 spiro atoms. The highest BCUT2D eigenvalue weighted by Crippen LogP contribution is 2.34. The summed E-state index contributed by atoms with van der Waals surface area (Å²) in [6, 6.07) is 14.9. The zero-order valence-electron chi connectivity index (χ0n) is 16.3. The van der Waals surface area contributed by atoms with Crippen molar-refractivity contribution in [2.75, 3.05) is 25.1 Å². The molecular formula is C23H23N3O3. The Hall–Kier alpha value is -3.41.